The van der Waals surface area contributed by atoms with Gasteiger partial charge in [-0.3, -0.25) is 9.69 Å². The average Bonchev–Trinajstić information content (AvgIpc) is 3.22. The van der Waals surface area contributed by atoms with E-state index in [9.17, 15) is 4.79 Å². The highest BCUT2D eigenvalue weighted by Gasteiger charge is 2.31. The Kier molecular flexibility index (Phi) is 4.02. The Labute approximate surface area is 109 Å². The molecule has 0 saturated heterocycles. The van der Waals surface area contributed by atoms with E-state index in [0.29, 0.717) is 12.6 Å². The maximum absolute atomic E-state index is 12.2. The average molecular weight is 246 g/mol. The molecular weight excluding hydrogens is 224 g/mol. The zero-order valence-corrected chi connectivity index (χ0v) is 11.5. The number of carbonyl (C=O) groups excluding carboxylic acids is 1. The number of likely N-dealkylation sites (N-methyl/N-ethyl adjacent to an activating group) is 2. The molecule has 1 aliphatic carbocycles. The van der Waals surface area contributed by atoms with Crippen molar-refractivity contribution in [2.24, 2.45) is 5.92 Å². The van der Waals surface area contributed by atoms with Crippen molar-refractivity contribution in [2.75, 3.05) is 25.5 Å². The van der Waals surface area contributed by atoms with Crippen LogP contribution in [0, 0.1) is 5.92 Å². The van der Waals surface area contributed by atoms with Crippen molar-refractivity contribution in [3.63, 3.8) is 0 Å². The van der Waals surface area contributed by atoms with Crippen molar-refractivity contribution in [3.8, 4) is 0 Å². The molecule has 1 saturated carbocycles. The van der Waals surface area contributed by atoms with Gasteiger partial charge in [0.2, 0.25) is 5.91 Å². The first-order chi connectivity index (χ1) is 8.59. The van der Waals surface area contributed by atoms with E-state index in [2.05, 4.69) is 11.8 Å². The van der Waals surface area contributed by atoms with Crippen molar-refractivity contribution in [3.05, 3.63) is 30.3 Å². The minimum absolute atomic E-state index is 0.149. The molecule has 0 N–H and O–H groups in total. The lowest BCUT2D eigenvalue weighted by atomic mass is 10.2. The molecule has 1 amide bonds. The predicted octanol–water partition coefficient (Wildman–Crippen LogP) is 2.38. The summed E-state index contributed by atoms with van der Waals surface area (Å²) in [6.07, 6.45) is 2.63. The third kappa shape index (κ3) is 3.10. The Morgan fingerprint density at radius 3 is 2.44 bits per heavy atom. The lowest BCUT2D eigenvalue weighted by Crippen LogP contribution is -2.41. The van der Waals surface area contributed by atoms with E-state index >= 15 is 0 Å². The second-order valence-electron chi connectivity index (χ2n) is 5.28. The summed E-state index contributed by atoms with van der Waals surface area (Å²) in [6.45, 7) is 2.70. The molecule has 0 bridgehead atoms. The number of carbonyl (C=O) groups is 1. The van der Waals surface area contributed by atoms with Crippen LogP contribution >= 0.6 is 0 Å². The quantitative estimate of drug-likeness (QED) is 0.796. The number of benzene rings is 1. The van der Waals surface area contributed by atoms with Crippen LogP contribution in [0.4, 0.5) is 5.69 Å². The number of hydrogen-bond acceptors (Lipinski definition) is 2. The van der Waals surface area contributed by atoms with E-state index < -0.39 is 0 Å². The van der Waals surface area contributed by atoms with E-state index in [-0.39, 0.29) is 5.91 Å². The number of anilines is 1. The van der Waals surface area contributed by atoms with Crippen molar-refractivity contribution >= 4 is 11.6 Å². The topological polar surface area (TPSA) is 23.6 Å². The first-order valence-electron chi connectivity index (χ1n) is 6.61. The molecule has 1 aromatic carbocycles. The van der Waals surface area contributed by atoms with Gasteiger partial charge in [0.25, 0.3) is 0 Å². The zero-order valence-electron chi connectivity index (χ0n) is 11.5. The third-order valence-corrected chi connectivity index (χ3v) is 3.90. The Morgan fingerprint density at radius 1 is 1.28 bits per heavy atom. The lowest BCUT2D eigenvalue weighted by Gasteiger charge is -2.26. The molecule has 3 heteroatoms. The first-order valence-corrected chi connectivity index (χ1v) is 6.61. The molecule has 1 fully saturated rings. The van der Waals surface area contributed by atoms with Gasteiger partial charge in [-0.15, -0.1) is 0 Å². The fraction of sp³-hybridized carbons (Fsp3) is 0.533. The fourth-order valence-corrected chi connectivity index (χ4v) is 2.20. The van der Waals surface area contributed by atoms with Crippen LogP contribution in [-0.2, 0) is 4.79 Å². The van der Waals surface area contributed by atoms with Gasteiger partial charge in [0.15, 0.2) is 0 Å². The highest BCUT2D eigenvalue weighted by atomic mass is 16.2. The Morgan fingerprint density at radius 2 is 1.89 bits per heavy atom. The highest BCUT2D eigenvalue weighted by molar-refractivity contribution is 5.94. The van der Waals surface area contributed by atoms with Crippen LogP contribution in [0.1, 0.15) is 19.8 Å². The molecule has 0 aromatic heterocycles. The summed E-state index contributed by atoms with van der Waals surface area (Å²) >= 11 is 0. The summed E-state index contributed by atoms with van der Waals surface area (Å²) in [4.78, 5) is 16.1. The van der Waals surface area contributed by atoms with Gasteiger partial charge in [-0.2, -0.15) is 0 Å². The maximum atomic E-state index is 12.2. The van der Waals surface area contributed by atoms with Gasteiger partial charge < -0.3 is 4.90 Å². The monoisotopic (exact) mass is 246 g/mol. The van der Waals surface area contributed by atoms with Crippen molar-refractivity contribution in [2.45, 2.75) is 25.8 Å². The molecule has 1 unspecified atom stereocenters. The standard InChI is InChI=1S/C15H22N2O/c1-12(13-9-10-13)16(2)11-15(18)17(3)14-7-5-4-6-8-14/h4-8,12-13H,9-11H2,1-3H3. The third-order valence-electron chi connectivity index (χ3n) is 3.90. The molecule has 98 valence electrons. The van der Waals surface area contributed by atoms with Gasteiger partial charge >= 0.3 is 0 Å². The number of para-hydroxylation sites is 1. The van der Waals surface area contributed by atoms with Crippen LogP contribution in [0.2, 0.25) is 0 Å². The van der Waals surface area contributed by atoms with Gasteiger partial charge in [0.05, 0.1) is 6.54 Å². The normalized spacial score (nSPS) is 16.7. The molecule has 1 atom stereocenters. The number of rotatable bonds is 5. The molecular formula is C15H22N2O. The summed E-state index contributed by atoms with van der Waals surface area (Å²) in [5.74, 6) is 0.945. The molecule has 0 aliphatic heterocycles. The van der Waals surface area contributed by atoms with E-state index in [1.165, 1.54) is 12.8 Å². The van der Waals surface area contributed by atoms with Crippen LogP contribution in [0.25, 0.3) is 0 Å². The van der Waals surface area contributed by atoms with Crippen LogP contribution in [0.5, 0.6) is 0 Å². The molecule has 3 nitrogen and oxygen atoms in total. The van der Waals surface area contributed by atoms with Crippen LogP contribution < -0.4 is 4.90 Å². The van der Waals surface area contributed by atoms with Crippen molar-refractivity contribution in [1.82, 2.24) is 4.90 Å². The minimum atomic E-state index is 0.149. The molecule has 0 spiro atoms. The second-order valence-corrected chi connectivity index (χ2v) is 5.28. The Balaban J connectivity index is 1.91. The summed E-state index contributed by atoms with van der Waals surface area (Å²) in [6, 6.07) is 10.3. The van der Waals surface area contributed by atoms with Crippen molar-refractivity contribution in [1.29, 1.82) is 0 Å². The van der Waals surface area contributed by atoms with Crippen LogP contribution in [-0.4, -0.2) is 37.5 Å². The largest absolute Gasteiger partial charge is 0.314 e. The number of nitrogens with zero attached hydrogens (tertiary/aromatic N) is 2. The van der Waals surface area contributed by atoms with Gasteiger partial charge in [-0.25, -0.2) is 0 Å². The molecule has 1 aromatic rings. The number of amides is 1. The SMILES string of the molecule is CC(C1CC1)N(C)CC(=O)N(C)c1ccccc1. The second kappa shape index (κ2) is 5.53. The molecule has 0 heterocycles. The van der Waals surface area contributed by atoms with E-state index in [0.717, 1.165) is 11.6 Å². The van der Waals surface area contributed by atoms with E-state index in [1.54, 1.807) is 4.90 Å². The summed E-state index contributed by atoms with van der Waals surface area (Å²) in [7, 11) is 3.88. The molecule has 18 heavy (non-hydrogen) atoms. The molecule has 2 rings (SSSR count). The first kappa shape index (κ1) is 13.1. The highest BCUT2D eigenvalue weighted by Crippen LogP contribution is 2.34. The van der Waals surface area contributed by atoms with Gasteiger partial charge in [0, 0.05) is 18.8 Å². The summed E-state index contributed by atoms with van der Waals surface area (Å²) in [5, 5.41) is 0. The summed E-state index contributed by atoms with van der Waals surface area (Å²) < 4.78 is 0. The fourth-order valence-electron chi connectivity index (χ4n) is 2.20. The van der Waals surface area contributed by atoms with Gasteiger partial charge in [-0.05, 0) is 44.9 Å². The maximum Gasteiger partial charge on any atom is 0.240 e. The van der Waals surface area contributed by atoms with Crippen LogP contribution in [0.15, 0.2) is 30.3 Å². The summed E-state index contributed by atoms with van der Waals surface area (Å²) in [5.41, 5.74) is 0.954. The van der Waals surface area contributed by atoms with E-state index in [4.69, 9.17) is 0 Å². The van der Waals surface area contributed by atoms with Gasteiger partial charge in [0.1, 0.15) is 0 Å². The Bertz CT molecular complexity index is 400. The van der Waals surface area contributed by atoms with Crippen LogP contribution in [0.3, 0.4) is 0 Å². The van der Waals surface area contributed by atoms with Crippen molar-refractivity contribution < 1.29 is 4.79 Å². The zero-order chi connectivity index (χ0) is 13.1. The Hall–Kier alpha value is -1.35. The minimum Gasteiger partial charge on any atom is -0.314 e. The predicted molar refractivity (Wildman–Crippen MR) is 74.7 cm³/mol. The van der Waals surface area contributed by atoms with Gasteiger partial charge in [-0.1, -0.05) is 18.2 Å². The van der Waals surface area contributed by atoms with E-state index in [1.807, 2.05) is 44.4 Å². The smallest absolute Gasteiger partial charge is 0.240 e. The number of hydrogen-bond donors (Lipinski definition) is 0. The molecule has 1 aliphatic rings. The molecule has 0 radical (unpaired) electrons. The lowest BCUT2D eigenvalue weighted by molar-refractivity contribution is -0.119.